The lowest BCUT2D eigenvalue weighted by Gasteiger charge is -2.12. The minimum Gasteiger partial charge on any atom is -0.493 e. The number of anilines is 1. The molecule has 0 bridgehead atoms. The van der Waals surface area contributed by atoms with Gasteiger partial charge in [0.15, 0.2) is 16.6 Å². The van der Waals surface area contributed by atoms with Gasteiger partial charge in [-0.05, 0) is 30.4 Å². The van der Waals surface area contributed by atoms with Gasteiger partial charge in [0.1, 0.15) is 5.69 Å². The van der Waals surface area contributed by atoms with E-state index in [-0.39, 0.29) is 16.5 Å². The first-order valence-corrected chi connectivity index (χ1v) is 8.04. The quantitative estimate of drug-likeness (QED) is 0.322. The van der Waals surface area contributed by atoms with Crippen LogP contribution in [0.1, 0.15) is 5.56 Å². The van der Waals surface area contributed by atoms with E-state index in [0.717, 1.165) is 0 Å². The first-order chi connectivity index (χ1) is 13.0. The molecule has 9 nitrogen and oxygen atoms in total. The van der Waals surface area contributed by atoms with Gasteiger partial charge in [-0.3, -0.25) is 15.5 Å². The van der Waals surface area contributed by atoms with Crippen molar-refractivity contribution in [2.75, 3.05) is 26.6 Å². The van der Waals surface area contributed by atoms with Crippen molar-refractivity contribution in [3.8, 4) is 17.2 Å². The van der Waals surface area contributed by atoms with E-state index in [1.165, 1.54) is 33.6 Å². The lowest BCUT2D eigenvalue weighted by molar-refractivity contribution is -0.383. The number of thiocarbonyl (C=S) groups is 1. The smallest absolute Gasteiger partial charge is 0.292 e. The number of benzene rings is 2. The summed E-state index contributed by atoms with van der Waals surface area (Å²) < 4.78 is 15.8. The van der Waals surface area contributed by atoms with E-state index in [9.17, 15) is 10.1 Å². The fraction of sp³-hybridized carbons (Fsp3) is 0.176. The molecular formula is C17H18N4O5S. The fourth-order valence-electron chi connectivity index (χ4n) is 2.23. The third-order valence-corrected chi connectivity index (χ3v) is 3.61. The van der Waals surface area contributed by atoms with Crippen molar-refractivity contribution in [1.29, 1.82) is 0 Å². The molecule has 0 saturated heterocycles. The molecule has 10 heteroatoms. The Labute approximate surface area is 161 Å². The molecule has 0 unspecified atom stereocenters. The van der Waals surface area contributed by atoms with Crippen LogP contribution in [0, 0.1) is 10.1 Å². The molecule has 0 spiro atoms. The van der Waals surface area contributed by atoms with Crippen molar-refractivity contribution in [1.82, 2.24) is 5.43 Å². The number of hydrogen-bond acceptors (Lipinski definition) is 7. The van der Waals surface area contributed by atoms with Gasteiger partial charge < -0.3 is 19.5 Å². The summed E-state index contributed by atoms with van der Waals surface area (Å²) in [5, 5.41) is 17.9. The molecule has 27 heavy (non-hydrogen) atoms. The first kappa shape index (κ1) is 19.9. The minimum atomic E-state index is -0.496. The number of methoxy groups -OCH3 is 3. The highest BCUT2D eigenvalue weighted by Crippen LogP contribution is 2.37. The number of para-hydroxylation sites is 2. The molecule has 2 rings (SSSR count). The third-order valence-electron chi connectivity index (χ3n) is 3.42. The number of nitro benzene ring substituents is 1. The van der Waals surface area contributed by atoms with Gasteiger partial charge in [-0.1, -0.05) is 12.1 Å². The molecular weight excluding hydrogens is 372 g/mol. The van der Waals surface area contributed by atoms with E-state index in [0.29, 0.717) is 22.8 Å². The van der Waals surface area contributed by atoms with Crippen LogP contribution in [0.2, 0.25) is 0 Å². The van der Waals surface area contributed by atoms with Crippen molar-refractivity contribution >= 4 is 34.9 Å². The molecule has 0 heterocycles. The van der Waals surface area contributed by atoms with Crippen molar-refractivity contribution in [3.63, 3.8) is 0 Å². The van der Waals surface area contributed by atoms with Crippen LogP contribution in [0.5, 0.6) is 17.2 Å². The zero-order valence-electron chi connectivity index (χ0n) is 14.9. The number of ether oxygens (including phenoxy) is 3. The second-order valence-corrected chi connectivity index (χ2v) is 5.47. The molecule has 0 fully saturated rings. The van der Waals surface area contributed by atoms with Crippen LogP contribution >= 0.6 is 12.2 Å². The number of nitrogens with one attached hydrogen (secondary N) is 2. The lowest BCUT2D eigenvalue weighted by Crippen LogP contribution is -2.24. The summed E-state index contributed by atoms with van der Waals surface area (Å²) in [7, 11) is 4.55. The van der Waals surface area contributed by atoms with Crippen molar-refractivity contribution < 1.29 is 19.1 Å². The minimum absolute atomic E-state index is 0.0877. The number of hydrazone groups is 1. The molecule has 0 aliphatic rings. The number of nitro groups is 1. The third kappa shape index (κ3) is 5.05. The van der Waals surface area contributed by atoms with Crippen LogP contribution in [0.15, 0.2) is 41.5 Å². The van der Waals surface area contributed by atoms with E-state index in [1.807, 2.05) is 0 Å². The molecule has 0 saturated carbocycles. The summed E-state index contributed by atoms with van der Waals surface area (Å²) >= 11 is 5.11. The Morgan fingerprint density at radius 2 is 1.78 bits per heavy atom. The van der Waals surface area contributed by atoms with Gasteiger partial charge in [0, 0.05) is 11.6 Å². The number of nitrogens with zero attached hydrogens (tertiary/aromatic N) is 2. The lowest BCUT2D eigenvalue weighted by atomic mass is 10.2. The first-order valence-electron chi connectivity index (χ1n) is 7.63. The second-order valence-electron chi connectivity index (χ2n) is 5.06. The average Bonchev–Trinajstić information content (AvgIpc) is 2.67. The summed E-state index contributed by atoms with van der Waals surface area (Å²) in [6.07, 6.45) is 1.50. The molecule has 0 aliphatic carbocycles. The van der Waals surface area contributed by atoms with Crippen LogP contribution in [-0.4, -0.2) is 37.6 Å². The topological polar surface area (TPSA) is 107 Å². The summed E-state index contributed by atoms with van der Waals surface area (Å²) in [5.74, 6) is 1.44. The SMILES string of the molecule is COc1cc(/C=N\NC(=S)Nc2ccccc2[N+](=O)[O-])cc(OC)c1OC. The zero-order valence-corrected chi connectivity index (χ0v) is 15.7. The Balaban J connectivity index is 2.09. The maximum atomic E-state index is 11.0. The highest BCUT2D eigenvalue weighted by atomic mass is 32.1. The van der Waals surface area contributed by atoms with Crippen molar-refractivity contribution in [2.24, 2.45) is 5.10 Å². The average molecular weight is 390 g/mol. The number of hydrogen-bond donors (Lipinski definition) is 2. The van der Waals surface area contributed by atoms with Gasteiger partial charge >= 0.3 is 0 Å². The van der Waals surface area contributed by atoms with Gasteiger partial charge in [-0.25, -0.2) is 0 Å². The summed E-state index contributed by atoms with van der Waals surface area (Å²) in [4.78, 5) is 10.5. The molecule has 2 aromatic carbocycles. The Morgan fingerprint density at radius 3 is 2.33 bits per heavy atom. The highest BCUT2D eigenvalue weighted by Gasteiger charge is 2.14. The predicted molar refractivity (Wildman–Crippen MR) is 106 cm³/mol. The fourth-order valence-corrected chi connectivity index (χ4v) is 2.39. The molecule has 0 aliphatic heterocycles. The Hall–Kier alpha value is -3.40. The van der Waals surface area contributed by atoms with Crippen molar-refractivity contribution in [2.45, 2.75) is 0 Å². The number of rotatable bonds is 7. The van der Waals surface area contributed by atoms with Gasteiger partial charge in [0.05, 0.1) is 32.5 Å². The van der Waals surface area contributed by atoms with Crippen LogP contribution in [-0.2, 0) is 0 Å². The van der Waals surface area contributed by atoms with Crippen LogP contribution in [0.25, 0.3) is 0 Å². The van der Waals surface area contributed by atoms with Gasteiger partial charge in [0.25, 0.3) is 5.69 Å². The maximum Gasteiger partial charge on any atom is 0.292 e. The van der Waals surface area contributed by atoms with E-state index >= 15 is 0 Å². The van der Waals surface area contributed by atoms with E-state index in [2.05, 4.69) is 15.8 Å². The molecule has 2 N–H and O–H groups in total. The molecule has 0 aromatic heterocycles. The zero-order chi connectivity index (χ0) is 19.8. The largest absolute Gasteiger partial charge is 0.493 e. The second kappa shape index (κ2) is 9.34. The van der Waals surface area contributed by atoms with Crippen LogP contribution in [0.3, 0.4) is 0 Å². The Kier molecular flexibility index (Phi) is 6.89. The van der Waals surface area contributed by atoms with Crippen LogP contribution < -0.4 is 25.0 Å². The normalized spacial score (nSPS) is 10.3. The predicted octanol–water partition coefficient (Wildman–Crippen LogP) is 2.94. The summed E-state index contributed by atoms with van der Waals surface area (Å²) in [6.45, 7) is 0. The molecule has 0 amide bonds. The van der Waals surface area contributed by atoms with Gasteiger partial charge in [-0.15, -0.1) is 0 Å². The highest BCUT2D eigenvalue weighted by molar-refractivity contribution is 7.80. The van der Waals surface area contributed by atoms with E-state index in [4.69, 9.17) is 26.4 Å². The van der Waals surface area contributed by atoms with Crippen molar-refractivity contribution in [3.05, 3.63) is 52.1 Å². The standard InChI is InChI=1S/C17H18N4O5S/c1-24-14-8-11(9-15(25-2)16(14)26-3)10-18-20-17(27)19-12-6-4-5-7-13(12)21(22)23/h4-10H,1-3H3,(H2,19,20,27)/b18-10-. The van der Waals surface area contributed by atoms with E-state index < -0.39 is 4.92 Å². The molecule has 142 valence electrons. The summed E-state index contributed by atoms with van der Waals surface area (Å²) in [6, 6.07) is 9.59. The maximum absolute atomic E-state index is 11.0. The molecule has 0 radical (unpaired) electrons. The van der Waals surface area contributed by atoms with Crippen LogP contribution in [0.4, 0.5) is 11.4 Å². The van der Waals surface area contributed by atoms with E-state index in [1.54, 1.807) is 30.3 Å². The Bertz CT molecular complexity index is 847. The molecule has 2 aromatic rings. The molecule has 0 atom stereocenters. The Morgan fingerprint density at radius 1 is 1.15 bits per heavy atom. The monoisotopic (exact) mass is 390 g/mol. The summed E-state index contributed by atoms with van der Waals surface area (Å²) in [5.41, 5.74) is 3.45. The van der Waals surface area contributed by atoms with Gasteiger partial charge in [0.2, 0.25) is 5.75 Å². The van der Waals surface area contributed by atoms with Gasteiger partial charge in [-0.2, -0.15) is 5.10 Å².